The Hall–Kier alpha value is -1.51. The van der Waals surface area contributed by atoms with Crippen LogP contribution >= 0.6 is 0 Å². The SMILES string of the molecule is COc1cc(C)c(CCN(C)C(C)=O)c(C)c1C. The first-order valence-electron chi connectivity index (χ1n) is 6.23. The molecule has 0 radical (unpaired) electrons. The molecule has 1 aromatic carbocycles. The van der Waals surface area contributed by atoms with E-state index < -0.39 is 0 Å². The summed E-state index contributed by atoms with van der Waals surface area (Å²) in [6, 6.07) is 2.07. The number of aryl methyl sites for hydroxylation is 1. The number of carbonyl (C=O) groups excluding carboxylic acids is 1. The van der Waals surface area contributed by atoms with Gasteiger partial charge in [0, 0.05) is 20.5 Å². The van der Waals surface area contributed by atoms with Gasteiger partial charge < -0.3 is 9.64 Å². The summed E-state index contributed by atoms with van der Waals surface area (Å²) in [4.78, 5) is 13.0. The number of nitrogens with zero attached hydrogens (tertiary/aromatic N) is 1. The van der Waals surface area contributed by atoms with Gasteiger partial charge >= 0.3 is 0 Å². The van der Waals surface area contributed by atoms with Crippen LogP contribution < -0.4 is 4.74 Å². The summed E-state index contributed by atoms with van der Waals surface area (Å²) in [5, 5.41) is 0. The predicted octanol–water partition coefficient (Wildman–Crippen LogP) is 2.64. The Morgan fingerprint density at radius 2 is 1.89 bits per heavy atom. The minimum absolute atomic E-state index is 0.107. The Kier molecular flexibility index (Phi) is 4.76. The molecular weight excluding hydrogens is 226 g/mol. The van der Waals surface area contributed by atoms with E-state index in [9.17, 15) is 4.79 Å². The van der Waals surface area contributed by atoms with Gasteiger partial charge in [-0.3, -0.25) is 4.79 Å². The Bertz CT molecular complexity index is 452. The van der Waals surface area contributed by atoms with Crippen LogP contribution in [0.4, 0.5) is 0 Å². The first kappa shape index (κ1) is 14.6. The summed E-state index contributed by atoms with van der Waals surface area (Å²) < 4.78 is 5.36. The highest BCUT2D eigenvalue weighted by molar-refractivity contribution is 5.72. The molecule has 3 nitrogen and oxygen atoms in total. The van der Waals surface area contributed by atoms with Crippen molar-refractivity contribution < 1.29 is 9.53 Å². The highest BCUT2D eigenvalue weighted by atomic mass is 16.5. The maximum Gasteiger partial charge on any atom is 0.219 e. The topological polar surface area (TPSA) is 29.5 Å². The third-order valence-electron chi connectivity index (χ3n) is 3.66. The summed E-state index contributed by atoms with van der Waals surface area (Å²) in [7, 11) is 3.54. The fourth-order valence-corrected chi connectivity index (χ4v) is 2.13. The zero-order valence-corrected chi connectivity index (χ0v) is 12.3. The molecule has 1 aromatic rings. The second kappa shape index (κ2) is 5.89. The average molecular weight is 249 g/mol. The average Bonchev–Trinajstić information content (AvgIpc) is 2.33. The molecule has 0 bridgehead atoms. The quantitative estimate of drug-likeness (QED) is 0.821. The highest BCUT2D eigenvalue weighted by Crippen LogP contribution is 2.27. The summed E-state index contributed by atoms with van der Waals surface area (Å²) in [6.45, 7) is 8.64. The summed E-state index contributed by atoms with van der Waals surface area (Å²) in [5.41, 5.74) is 5.00. The number of ether oxygens (including phenoxy) is 1. The molecule has 18 heavy (non-hydrogen) atoms. The molecule has 1 amide bonds. The molecule has 0 aliphatic heterocycles. The third kappa shape index (κ3) is 3.03. The van der Waals surface area contributed by atoms with Gasteiger partial charge in [0.15, 0.2) is 0 Å². The number of likely N-dealkylation sites (N-methyl/N-ethyl adjacent to an activating group) is 1. The van der Waals surface area contributed by atoms with Gasteiger partial charge in [0.2, 0.25) is 5.91 Å². The van der Waals surface area contributed by atoms with E-state index in [2.05, 4.69) is 26.8 Å². The van der Waals surface area contributed by atoms with Crippen LogP contribution in [0.1, 0.15) is 29.2 Å². The number of amides is 1. The molecule has 0 spiro atoms. The van der Waals surface area contributed by atoms with E-state index in [-0.39, 0.29) is 5.91 Å². The van der Waals surface area contributed by atoms with Crippen molar-refractivity contribution in [3.05, 3.63) is 28.3 Å². The van der Waals surface area contributed by atoms with Crippen molar-refractivity contribution in [1.82, 2.24) is 4.90 Å². The normalized spacial score (nSPS) is 10.3. The van der Waals surface area contributed by atoms with Crippen LogP contribution in [0, 0.1) is 20.8 Å². The highest BCUT2D eigenvalue weighted by Gasteiger charge is 2.11. The third-order valence-corrected chi connectivity index (χ3v) is 3.66. The van der Waals surface area contributed by atoms with Crippen molar-refractivity contribution in [2.45, 2.75) is 34.1 Å². The van der Waals surface area contributed by atoms with Crippen molar-refractivity contribution in [1.29, 1.82) is 0 Å². The smallest absolute Gasteiger partial charge is 0.219 e. The lowest BCUT2D eigenvalue weighted by atomic mass is 9.95. The Balaban J connectivity index is 2.96. The number of hydrogen-bond donors (Lipinski definition) is 0. The molecular formula is C15H23NO2. The lowest BCUT2D eigenvalue weighted by molar-refractivity contribution is -0.127. The number of benzene rings is 1. The maximum atomic E-state index is 11.2. The number of methoxy groups -OCH3 is 1. The van der Waals surface area contributed by atoms with E-state index in [4.69, 9.17) is 4.74 Å². The molecule has 0 aliphatic carbocycles. The van der Waals surface area contributed by atoms with E-state index in [0.717, 1.165) is 18.7 Å². The van der Waals surface area contributed by atoms with Gasteiger partial charge in [-0.2, -0.15) is 0 Å². The van der Waals surface area contributed by atoms with Crippen LogP contribution in [0.25, 0.3) is 0 Å². The molecule has 3 heteroatoms. The number of carbonyl (C=O) groups is 1. The van der Waals surface area contributed by atoms with Crippen LogP contribution in [-0.4, -0.2) is 31.5 Å². The molecule has 1 rings (SSSR count). The largest absolute Gasteiger partial charge is 0.496 e. The molecule has 0 saturated heterocycles. The zero-order chi connectivity index (χ0) is 13.9. The maximum absolute atomic E-state index is 11.2. The van der Waals surface area contributed by atoms with Gasteiger partial charge in [-0.1, -0.05) is 0 Å². The van der Waals surface area contributed by atoms with E-state index in [0.29, 0.717) is 0 Å². The Morgan fingerprint density at radius 3 is 2.39 bits per heavy atom. The van der Waals surface area contributed by atoms with Crippen LogP contribution in [0.5, 0.6) is 5.75 Å². The molecule has 0 aliphatic rings. The number of rotatable bonds is 4. The molecule has 100 valence electrons. The first-order chi connectivity index (χ1) is 8.38. The zero-order valence-electron chi connectivity index (χ0n) is 12.3. The van der Waals surface area contributed by atoms with E-state index in [1.54, 1.807) is 18.9 Å². The monoisotopic (exact) mass is 249 g/mol. The predicted molar refractivity (Wildman–Crippen MR) is 74.2 cm³/mol. The van der Waals surface area contributed by atoms with E-state index in [1.807, 2.05) is 7.05 Å². The molecule has 0 aromatic heterocycles. The molecule has 0 fully saturated rings. The standard InChI is InChI=1S/C15H23NO2/c1-10-9-15(18-6)12(3)11(2)14(10)7-8-16(5)13(4)17/h9H,7-8H2,1-6H3. The molecule has 0 atom stereocenters. The van der Waals surface area contributed by atoms with Crippen molar-refractivity contribution >= 4 is 5.91 Å². The Labute approximate surface area is 110 Å². The lowest BCUT2D eigenvalue weighted by Gasteiger charge is -2.19. The van der Waals surface area contributed by atoms with Gasteiger partial charge in [-0.15, -0.1) is 0 Å². The van der Waals surface area contributed by atoms with Gasteiger partial charge in [0.25, 0.3) is 0 Å². The summed E-state index contributed by atoms with van der Waals surface area (Å²) in [6.07, 6.45) is 0.887. The van der Waals surface area contributed by atoms with Crippen LogP contribution in [0.3, 0.4) is 0 Å². The lowest BCUT2D eigenvalue weighted by Crippen LogP contribution is -2.26. The molecule has 0 unspecified atom stereocenters. The van der Waals surface area contributed by atoms with Crippen molar-refractivity contribution in [2.75, 3.05) is 20.7 Å². The van der Waals surface area contributed by atoms with Gasteiger partial charge in [0.05, 0.1) is 7.11 Å². The Morgan fingerprint density at radius 1 is 1.28 bits per heavy atom. The van der Waals surface area contributed by atoms with Crippen molar-refractivity contribution in [3.8, 4) is 5.75 Å². The van der Waals surface area contributed by atoms with Gasteiger partial charge in [-0.25, -0.2) is 0 Å². The fraction of sp³-hybridized carbons (Fsp3) is 0.533. The van der Waals surface area contributed by atoms with Crippen LogP contribution in [0.2, 0.25) is 0 Å². The van der Waals surface area contributed by atoms with E-state index in [1.165, 1.54) is 22.3 Å². The fourth-order valence-electron chi connectivity index (χ4n) is 2.13. The second-order valence-corrected chi connectivity index (χ2v) is 4.81. The van der Waals surface area contributed by atoms with Crippen molar-refractivity contribution in [2.24, 2.45) is 0 Å². The van der Waals surface area contributed by atoms with Gasteiger partial charge in [0.1, 0.15) is 5.75 Å². The van der Waals surface area contributed by atoms with E-state index >= 15 is 0 Å². The molecule has 0 N–H and O–H groups in total. The van der Waals surface area contributed by atoms with Crippen molar-refractivity contribution in [3.63, 3.8) is 0 Å². The minimum Gasteiger partial charge on any atom is -0.496 e. The first-order valence-corrected chi connectivity index (χ1v) is 6.23. The number of hydrogen-bond acceptors (Lipinski definition) is 2. The summed E-state index contributed by atoms with van der Waals surface area (Å²) in [5.74, 6) is 1.05. The molecule has 0 saturated carbocycles. The summed E-state index contributed by atoms with van der Waals surface area (Å²) >= 11 is 0. The van der Waals surface area contributed by atoms with Crippen LogP contribution in [-0.2, 0) is 11.2 Å². The second-order valence-electron chi connectivity index (χ2n) is 4.81. The minimum atomic E-state index is 0.107. The van der Waals surface area contributed by atoms with Crippen LogP contribution in [0.15, 0.2) is 6.07 Å². The van der Waals surface area contributed by atoms with Gasteiger partial charge in [-0.05, 0) is 55.5 Å². The molecule has 0 heterocycles.